The largest absolute Gasteiger partial charge is 0.387 e. The predicted molar refractivity (Wildman–Crippen MR) is 105 cm³/mol. The number of carbonyl (C=O) groups excluding carboxylic acids is 1. The molecule has 2 N–H and O–H groups in total. The highest BCUT2D eigenvalue weighted by Gasteiger charge is 2.19. The summed E-state index contributed by atoms with van der Waals surface area (Å²) in [5.41, 5.74) is 2.14. The number of nitrogens with one attached hydrogen (secondary N) is 1. The number of piperazine rings is 1. The van der Waals surface area contributed by atoms with E-state index in [1.54, 1.807) is 11.3 Å². The number of aliphatic hydroxyl groups is 1. The fourth-order valence-electron chi connectivity index (χ4n) is 3.22. The van der Waals surface area contributed by atoms with Gasteiger partial charge in [-0.1, -0.05) is 30.3 Å². The monoisotopic (exact) mass is 373 g/mol. The van der Waals surface area contributed by atoms with E-state index in [-0.39, 0.29) is 5.91 Å². The number of rotatable bonds is 8. The molecule has 1 fully saturated rings. The molecule has 0 radical (unpaired) electrons. The van der Waals surface area contributed by atoms with Gasteiger partial charge in [0.1, 0.15) is 0 Å². The van der Waals surface area contributed by atoms with Crippen molar-refractivity contribution in [3.63, 3.8) is 0 Å². The van der Waals surface area contributed by atoms with Crippen molar-refractivity contribution in [3.05, 3.63) is 58.3 Å². The SMILES string of the molecule is O=C(CCN(Cc1ccccc1)CC(O)c1ccsc1)N1CCNCC1. The summed E-state index contributed by atoms with van der Waals surface area (Å²) in [5.74, 6) is 0.203. The van der Waals surface area contributed by atoms with Crippen LogP contribution in [-0.4, -0.2) is 60.1 Å². The van der Waals surface area contributed by atoms with Crippen LogP contribution in [0.2, 0.25) is 0 Å². The second-order valence-corrected chi connectivity index (χ2v) is 7.45. The summed E-state index contributed by atoms with van der Waals surface area (Å²) in [7, 11) is 0. The first-order chi connectivity index (χ1) is 12.7. The molecule has 6 heteroatoms. The first-order valence-electron chi connectivity index (χ1n) is 9.17. The molecule has 140 valence electrons. The minimum absolute atomic E-state index is 0.203. The Morgan fingerprint density at radius 2 is 2.00 bits per heavy atom. The molecule has 2 aromatic rings. The van der Waals surface area contributed by atoms with Crippen molar-refractivity contribution in [1.29, 1.82) is 0 Å². The highest BCUT2D eigenvalue weighted by Crippen LogP contribution is 2.19. The highest BCUT2D eigenvalue weighted by atomic mass is 32.1. The maximum Gasteiger partial charge on any atom is 0.223 e. The molecule has 1 aromatic heterocycles. The molecule has 1 unspecified atom stereocenters. The molecule has 1 aliphatic rings. The van der Waals surface area contributed by atoms with E-state index in [2.05, 4.69) is 22.3 Å². The zero-order valence-electron chi connectivity index (χ0n) is 15.0. The van der Waals surface area contributed by atoms with Crippen LogP contribution in [0.5, 0.6) is 0 Å². The lowest BCUT2D eigenvalue weighted by Gasteiger charge is -2.29. The van der Waals surface area contributed by atoms with Crippen LogP contribution in [-0.2, 0) is 11.3 Å². The minimum Gasteiger partial charge on any atom is -0.387 e. The lowest BCUT2D eigenvalue weighted by Crippen LogP contribution is -2.47. The van der Waals surface area contributed by atoms with Gasteiger partial charge in [0.2, 0.25) is 5.91 Å². The van der Waals surface area contributed by atoms with Crippen LogP contribution in [0.4, 0.5) is 0 Å². The number of carbonyl (C=O) groups is 1. The van der Waals surface area contributed by atoms with Crippen LogP contribution in [0.1, 0.15) is 23.7 Å². The number of aliphatic hydroxyl groups excluding tert-OH is 1. The summed E-state index contributed by atoms with van der Waals surface area (Å²) < 4.78 is 0. The Labute approximate surface area is 159 Å². The number of thiophene rings is 1. The fourth-order valence-corrected chi connectivity index (χ4v) is 3.92. The molecular weight excluding hydrogens is 346 g/mol. The molecule has 26 heavy (non-hydrogen) atoms. The molecule has 2 heterocycles. The highest BCUT2D eigenvalue weighted by molar-refractivity contribution is 7.07. The Kier molecular flexibility index (Phi) is 7.20. The number of hydrogen-bond donors (Lipinski definition) is 2. The van der Waals surface area contributed by atoms with Gasteiger partial charge in [0.15, 0.2) is 0 Å². The summed E-state index contributed by atoms with van der Waals surface area (Å²) in [5, 5.41) is 17.8. The van der Waals surface area contributed by atoms with Crippen LogP contribution in [0.25, 0.3) is 0 Å². The molecule has 1 amide bonds. The van der Waals surface area contributed by atoms with Crippen LogP contribution in [0.15, 0.2) is 47.2 Å². The van der Waals surface area contributed by atoms with Crippen molar-refractivity contribution >= 4 is 17.2 Å². The van der Waals surface area contributed by atoms with Crippen molar-refractivity contribution in [2.24, 2.45) is 0 Å². The molecule has 0 saturated carbocycles. The molecule has 5 nitrogen and oxygen atoms in total. The zero-order valence-corrected chi connectivity index (χ0v) is 15.8. The van der Waals surface area contributed by atoms with Gasteiger partial charge in [0.25, 0.3) is 0 Å². The van der Waals surface area contributed by atoms with E-state index in [0.717, 1.165) is 38.3 Å². The van der Waals surface area contributed by atoms with E-state index in [9.17, 15) is 9.90 Å². The Morgan fingerprint density at radius 1 is 1.23 bits per heavy atom. The van der Waals surface area contributed by atoms with Gasteiger partial charge in [-0.3, -0.25) is 9.69 Å². The molecule has 0 aliphatic carbocycles. The van der Waals surface area contributed by atoms with Gasteiger partial charge in [0.05, 0.1) is 6.10 Å². The zero-order chi connectivity index (χ0) is 18.2. The molecule has 0 spiro atoms. The third-order valence-electron chi connectivity index (χ3n) is 4.72. The average Bonchev–Trinajstić information content (AvgIpc) is 3.22. The summed E-state index contributed by atoms with van der Waals surface area (Å²) >= 11 is 1.59. The lowest BCUT2D eigenvalue weighted by molar-refractivity contribution is -0.132. The van der Waals surface area contributed by atoms with Gasteiger partial charge in [-0.15, -0.1) is 0 Å². The number of benzene rings is 1. The Morgan fingerprint density at radius 3 is 2.69 bits per heavy atom. The summed E-state index contributed by atoms with van der Waals surface area (Å²) in [6.07, 6.45) is -0.0392. The van der Waals surface area contributed by atoms with Gasteiger partial charge < -0.3 is 15.3 Å². The van der Waals surface area contributed by atoms with Gasteiger partial charge in [0, 0.05) is 52.2 Å². The van der Waals surface area contributed by atoms with E-state index in [1.807, 2.05) is 39.9 Å². The van der Waals surface area contributed by atoms with Crippen LogP contribution >= 0.6 is 11.3 Å². The molecule has 1 aliphatic heterocycles. The molecule has 1 saturated heterocycles. The maximum absolute atomic E-state index is 12.5. The van der Waals surface area contributed by atoms with E-state index in [1.165, 1.54) is 5.56 Å². The first kappa shape index (κ1) is 19.0. The van der Waals surface area contributed by atoms with Crippen molar-refractivity contribution in [2.45, 2.75) is 19.1 Å². The minimum atomic E-state index is -0.528. The number of nitrogens with zero attached hydrogens (tertiary/aromatic N) is 2. The standard InChI is InChI=1S/C20H27N3O2S/c24-19(18-7-13-26-16-18)15-22(14-17-4-2-1-3-5-17)10-6-20(25)23-11-8-21-9-12-23/h1-5,7,13,16,19,21,24H,6,8-12,14-15H2. The third kappa shape index (κ3) is 5.64. The van der Waals surface area contributed by atoms with Crippen LogP contribution in [0, 0.1) is 0 Å². The quantitative estimate of drug-likeness (QED) is 0.744. The van der Waals surface area contributed by atoms with E-state index < -0.39 is 6.10 Å². The Balaban J connectivity index is 1.59. The number of amides is 1. The summed E-state index contributed by atoms with van der Waals surface area (Å²) in [4.78, 5) is 16.6. The average molecular weight is 374 g/mol. The van der Waals surface area contributed by atoms with Crippen LogP contribution < -0.4 is 5.32 Å². The second-order valence-electron chi connectivity index (χ2n) is 6.67. The smallest absolute Gasteiger partial charge is 0.223 e. The Hall–Kier alpha value is -1.73. The molecule has 3 rings (SSSR count). The normalized spacial score (nSPS) is 16.0. The maximum atomic E-state index is 12.5. The fraction of sp³-hybridized carbons (Fsp3) is 0.450. The number of hydrogen-bond acceptors (Lipinski definition) is 5. The van der Waals surface area contributed by atoms with Crippen molar-refractivity contribution in [1.82, 2.24) is 15.1 Å². The van der Waals surface area contributed by atoms with Gasteiger partial charge in [-0.2, -0.15) is 11.3 Å². The van der Waals surface area contributed by atoms with Gasteiger partial charge >= 0.3 is 0 Å². The van der Waals surface area contributed by atoms with Crippen molar-refractivity contribution in [2.75, 3.05) is 39.3 Å². The van der Waals surface area contributed by atoms with E-state index >= 15 is 0 Å². The topological polar surface area (TPSA) is 55.8 Å². The predicted octanol–water partition coefficient (Wildman–Crippen LogP) is 2.11. The molecule has 0 bridgehead atoms. The molecule has 1 aromatic carbocycles. The summed E-state index contributed by atoms with van der Waals surface area (Å²) in [6, 6.07) is 12.2. The van der Waals surface area contributed by atoms with Gasteiger partial charge in [-0.05, 0) is 28.0 Å². The van der Waals surface area contributed by atoms with E-state index in [4.69, 9.17) is 0 Å². The first-order valence-corrected chi connectivity index (χ1v) is 10.1. The third-order valence-corrected chi connectivity index (χ3v) is 5.42. The van der Waals surface area contributed by atoms with Gasteiger partial charge in [-0.25, -0.2) is 0 Å². The Bertz CT molecular complexity index is 657. The lowest BCUT2D eigenvalue weighted by atomic mass is 10.1. The second kappa shape index (κ2) is 9.83. The van der Waals surface area contributed by atoms with Crippen LogP contribution in [0.3, 0.4) is 0 Å². The van der Waals surface area contributed by atoms with E-state index in [0.29, 0.717) is 19.5 Å². The van der Waals surface area contributed by atoms with Crippen molar-refractivity contribution < 1.29 is 9.90 Å². The molecule has 1 atom stereocenters. The molecular formula is C20H27N3O2S. The van der Waals surface area contributed by atoms with Crippen molar-refractivity contribution in [3.8, 4) is 0 Å². The summed E-state index contributed by atoms with van der Waals surface area (Å²) in [6.45, 7) is 5.23.